The molecule has 1 heterocycles. The number of hydrogen-bond acceptors (Lipinski definition) is 5. The molecule has 0 saturated carbocycles. The van der Waals surface area contributed by atoms with Gasteiger partial charge in [-0.3, -0.25) is 0 Å². The summed E-state index contributed by atoms with van der Waals surface area (Å²) < 4.78 is 1.51. The Hall–Kier alpha value is -1.76. The molecule has 1 aromatic carbocycles. The van der Waals surface area contributed by atoms with Crippen molar-refractivity contribution in [2.24, 2.45) is 0 Å². The monoisotopic (exact) mass is 305 g/mol. The number of hydrogen-bond donors (Lipinski definition) is 3. The molecule has 0 spiro atoms. The molecule has 2 aromatic rings. The van der Waals surface area contributed by atoms with E-state index in [1.165, 1.54) is 10.2 Å². The van der Waals surface area contributed by atoms with E-state index in [1.54, 1.807) is 0 Å². The number of rotatable bonds is 5. The lowest BCUT2D eigenvalue weighted by molar-refractivity contribution is 0.0782. The summed E-state index contributed by atoms with van der Waals surface area (Å²) in [6.07, 6.45) is -0.916. The predicted octanol–water partition coefficient (Wildman–Crippen LogP) is 1.09. The Bertz CT molecular complexity index is 615. The maximum atomic E-state index is 9.61. The Balaban J connectivity index is 2.40. The van der Waals surface area contributed by atoms with Crippen LogP contribution in [0.15, 0.2) is 24.3 Å². The van der Waals surface area contributed by atoms with Gasteiger partial charge >= 0.3 is 0 Å². The van der Waals surface area contributed by atoms with E-state index in [9.17, 15) is 10.2 Å². The van der Waals surface area contributed by atoms with E-state index in [0.717, 1.165) is 5.56 Å². The van der Waals surface area contributed by atoms with Gasteiger partial charge in [0, 0.05) is 5.56 Å². The summed E-state index contributed by atoms with van der Waals surface area (Å²) >= 11 is 0. The molecule has 0 radical (unpaired) electrons. The lowest BCUT2D eigenvalue weighted by Gasteiger charge is -2.19. The number of benzene rings is 1. The molecule has 22 heavy (non-hydrogen) atoms. The molecular weight excluding hydrogens is 282 g/mol. The van der Waals surface area contributed by atoms with Gasteiger partial charge in [-0.2, -0.15) is 0 Å². The molecule has 1 atom stereocenters. The highest BCUT2D eigenvalue weighted by Gasteiger charge is 2.18. The van der Waals surface area contributed by atoms with Gasteiger partial charge in [0.15, 0.2) is 0 Å². The first-order chi connectivity index (χ1) is 10.4. The fraction of sp³-hybridized carbons (Fsp3) is 0.500. The van der Waals surface area contributed by atoms with E-state index in [1.807, 2.05) is 24.3 Å². The Kier molecular flexibility index (Phi) is 4.95. The van der Waals surface area contributed by atoms with Crippen LogP contribution in [0.1, 0.15) is 32.0 Å². The van der Waals surface area contributed by atoms with Gasteiger partial charge < -0.3 is 15.3 Å². The minimum absolute atomic E-state index is 0.0594. The van der Waals surface area contributed by atoms with Crippen LogP contribution in [0.5, 0.6) is 0 Å². The summed E-state index contributed by atoms with van der Waals surface area (Å²) in [6.45, 7) is 5.97. The zero-order valence-electron chi connectivity index (χ0n) is 13.2. The van der Waals surface area contributed by atoms with E-state index in [4.69, 9.17) is 5.11 Å². The van der Waals surface area contributed by atoms with E-state index >= 15 is 0 Å². The SMILES string of the molecule is CC(C)(C)c1ccc(-c2c(CO)nnn2CC(O)CO)cc1. The van der Waals surface area contributed by atoms with Crippen LogP contribution in [0.4, 0.5) is 0 Å². The van der Waals surface area contributed by atoms with E-state index in [0.29, 0.717) is 11.4 Å². The maximum Gasteiger partial charge on any atom is 0.116 e. The number of aromatic nitrogens is 3. The van der Waals surface area contributed by atoms with Crippen LogP contribution in [-0.2, 0) is 18.6 Å². The van der Waals surface area contributed by atoms with Crippen molar-refractivity contribution in [3.63, 3.8) is 0 Å². The second-order valence-corrected chi connectivity index (χ2v) is 6.39. The lowest BCUT2D eigenvalue weighted by Crippen LogP contribution is -2.21. The molecule has 0 aliphatic heterocycles. The Morgan fingerprint density at radius 3 is 2.27 bits per heavy atom. The van der Waals surface area contributed by atoms with Gasteiger partial charge in [0.05, 0.1) is 31.6 Å². The third-order valence-electron chi connectivity index (χ3n) is 3.57. The molecule has 0 aliphatic rings. The van der Waals surface area contributed by atoms with Crippen molar-refractivity contribution in [1.82, 2.24) is 15.0 Å². The van der Waals surface area contributed by atoms with E-state index in [2.05, 4.69) is 31.1 Å². The van der Waals surface area contributed by atoms with Crippen LogP contribution in [0.2, 0.25) is 0 Å². The smallest absolute Gasteiger partial charge is 0.116 e. The molecule has 1 aromatic heterocycles. The van der Waals surface area contributed by atoms with E-state index < -0.39 is 6.10 Å². The average molecular weight is 305 g/mol. The van der Waals surface area contributed by atoms with Crippen LogP contribution < -0.4 is 0 Å². The van der Waals surface area contributed by atoms with Crippen LogP contribution >= 0.6 is 0 Å². The summed E-state index contributed by atoms with van der Waals surface area (Å²) in [5.41, 5.74) is 3.25. The molecule has 2 rings (SSSR count). The minimum atomic E-state index is -0.916. The largest absolute Gasteiger partial charge is 0.394 e. The molecule has 6 nitrogen and oxygen atoms in total. The van der Waals surface area contributed by atoms with Crippen molar-refractivity contribution < 1.29 is 15.3 Å². The first kappa shape index (κ1) is 16.6. The molecule has 0 fully saturated rings. The molecule has 0 amide bonds. The summed E-state index contributed by atoms with van der Waals surface area (Å²) in [5, 5.41) is 35.9. The van der Waals surface area contributed by atoms with Crippen molar-refractivity contribution in [3.05, 3.63) is 35.5 Å². The van der Waals surface area contributed by atoms with Gasteiger partial charge in [0.25, 0.3) is 0 Å². The average Bonchev–Trinajstić information content (AvgIpc) is 2.89. The first-order valence-corrected chi connectivity index (χ1v) is 7.30. The maximum absolute atomic E-state index is 9.61. The van der Waals surface area contributed by atoms with Crippen LogP contribution in [0.25, 0.3) is 11.3 Å². The van der Waals surface area contributed by atoms with Crippen molar-refractivity contribution >= 4 is 0 Å². The standard InChI is InChI=1S/C16H23N3O3/c1-16(2,3)12-6-4-11(5-7-12)15-14(10-21)17-18-19(15)8-13(22)9-20/h4-7,13,20-22H,8-10H2,1-3H3. The van der Waals surface area contributed by atoms with Gasteiger partial charge in [-0.25, -0.2) is 4.68 Å². The highest BCUT2D eigenvalue weighted by molar-refractivity contribution is 5.62. The van der Waals surface area contributed by atoms with Gasteiger partial charge in [-0.05, 0) is 11.0 Å². The highest BCUT2D eigenvalue weighted by atomic mass is 16.3. The number of aliphatic hydroxyl groups excluding tert-OH is 3. The van der Waals surface area contributed by atoms with Crippen LogP contribution in [-0.4, -0.2) is 43.0 Å². The summed E-state index contributed by atoms with van der Waals surface area (Å²) in [4.78, 5) is 0. The quantitative estimate of drug-likeness (QED) is 0.769. The Morgan fingerprint density at radius 1 is 1.14 bits per heavy atom. The molecule has 6 heteroatoms. The third-order valence-corrected chi connectivity index (χ3v) is 3.57. The van der Waals surface area contributed by atoms with Gasteiger partial charge in [0.1, 0.15) is 5.69 Å². The fourth-order valence-electron chi connectivity index (χ4n) is 2.28. The lowest BCUT2D eigenvalue weighted by atomic mass is 9.86. The van der Waals surface area contributed by atoms with Gasteiger partial charge in [-0.1, -0.05) is 50.3 Å². The van der Waals surface area contributed by atoms with E-state index in [-0.39, 0.29) is 25.2 Å². The third kappa shape index (κ3) is 3.52. The minimum Gasteiger partial charge on any atom is -0.394 e. The van der Waals surface area contributed by atoms with Crippen molar-refractivity contribution in [3.8, 4) is 11.3 Å². The van der Waals surface area contributed by atoms with Gasteiger partial charge in [0.2, 0.25) is 0 Å². The highest BCUT2D eigenvalue weighted by Crippen LogP contribution is 2.27. The molecule has 0 bridgehead atoms. The zero-order chi connectivity index (χ0) is 16.3. The zero-order valence-corrected chi connectivity index (χ0v) is 13.2. The topological polar surface area (TPSA) is 91.4 Å². The predicted molar refractivity (Wildman–Crippen MR) is 83.2 cm³/mol. The van der Waals surface area contributed by atoms with Crippen LogP contribution in [0, 0.1) is 0 Å². The summed E-state index contributed by atoms with van der Waals surface area (Å²) in [5.74, 6) is 0. The number of aliphatic hydroxyl groups is 3. The normalized spacial score (nSPS) is 13.4. The summed E-state index contributed by atoms with van der Waals surface area (Å²) in [7, 11) is 0. The van der Waals surface area contributed by atoms with Crippen molar-refractivity contribution in [1.29, 1.82) is 0 Å². The second-order valence-electron chi connectivity index (χ2n) is 6.39. The molecule has 1 unspecified atom stereocenters. The molecule has 120 valence electrons. The fourth-order valence-corrected chi connectivity index (χ4v) is 2.28. The van der Waals surface area contributed by atoms with Crippen LogP contribution in [0.3, 0.4) is 0 Å². The first-order valence-electron chi connectivity index (χ1n) is 7.30. The molecule has 0 aliphatic carbocycles. The Labute approximate surface area is 130 Å². The van der Waals surface area contributed by atoms with Crippen molar-refractivity contribution in [2.75, 3.05) is 6.61 Å². The second kappa shape index (κ2) is 6.56. The molecule has 0 saturated heterocycles. The number of nitrogens with zero attached hydrogens (tertiary/aromatic N) is 3. The van der Waals surface area contributed by atoms with Gasteiger partial charge in [-0.15, -0.1) is 5.10 Å². The Morgan fingerprint density at radius 2 is 1.77 bits per heavy atom. The van der Waals surface area contributed by atoms with Crippen molar-refractivity contribution in [2.45, 2.75) is 45.4 Å². The summed E-state index contributed by atoms with van der Waals surface area (Å²) in [6, 6.07) is 7.99. The molecular formula is C16H23N3O3. The molecule has 3 N–H and O–H groups in total.